The molecule has 1 nitrogen and oxygen atoms in total. The fraction of sp³-hybridized carbons (Fsp3) is 0.216. The van der Waals surface area contributed by atoms with Crippen LogP contribution in [-0.4, -0.2) is 0 Å². The molecule has 3 aliphatic carbocycles. The van der Waals surface area contributed by atoms with Gasteiger partial charge in [0.25, 0.3) is 0 Å². The molecule has 1 heterocycles. The maximum absolute atomic E-state index is 2.57. The van der Waals surface area contributed by atoms with Crippen LogP contribution in [0.5, 0.6) is 0 Å². The van der Waals surface area contributed by atoms with Crippen LogP contribution in [0.4, 0.5) is 17.1 Å². The first-order valence-corrected chi connectivity index (χ1v) is 20.4. The van der Waals surface area contributed by atoms with Crippen molar-refractivity contribution >= 4 is 59.3 Å². The minimum atomic E-state index is 0.102. The van der Waals surface area contributed by atoms with E-state index < -0.39 is 0 Å². The van der Waals surface area contributed by atoms with Crippen LogP contribution in [0.2, 0.25) is 0 Å². The van der Waals surface area contributed by atoms with Crippen LogP contribution in [0, 0.1) is 23.7 Å². The van der Waals surface area contributed by atoms with Crippen LogP contribution in [-0.2, 0) is 5.41 Å². The molecule has 258 valence electrons. The van der Waals surface area contributed by atoms with Crippen LogP contribution in [0.3, 0.4) is 0 Å². The molecule has 3 aliphatic rings. The maximum atomic E-state index is 2.57. The summed E-state index contributed by atoms with van der Waals surface area (Å²) >= 11 is 1.88. The van der Waals surface area contributed by atoms with Gasteiger partial charge < -0.3 is 4.90 Å². The van der Waals surface area contributed by atoms with Crippen molar-refractivity contribution in [1.82, 2.24) is 0 Å². The van der Waals surface area contributed by atoms with Crippen molar-refractivity contribution in [3.8, 4) is 22.3 Å². The van der Waals surface area contributed by atoms with Gasteiger partial charge in [0, 0.05) is 42.6 Å². The minimum Gasteiger partial charge on any atom is -0.310 e. The molecule has 0 radical (unpaired) electrons. The Balaban J connectivity index is 1.05. The van der Waals surface area contributed by atoms with Gasteiger partial charge in [0.15, 0.2) is 0 Å². The van der Waals surface area contributed by atoms with Gasteiger partial charge in [-0.25, -0.2) is 0 Å². The highest BCUT2D eigenvalue weighted by Crippen LogP contribution is 2.65. The monoisotopic (exact) mass is 701 g/mol. The minimum absolute atomic E-state index is 0.102. The summed E-state index contributed by atoms with van der Waals surface area (Å²) in [7, 11) is 0. The molecule has 5 unspecified atom stereocenters. The molecule has 2 fully saturated rings. The van der Waals surface area contributed by atoms with Gasteiger partial charge in [-0.1, -0.05) is 123 Å². The quantitative estimate of drug-likeness (QED) is 0.177. The fourth-order valence-corrected chi connectivity index (χ4v) is 12.5. The molecule has 0 N–H and O–H groups in total. The number of hydrogen-bond donors (Lipinski definition) is 0. The molecule has 2 heteroatoms. The normalized spacial score (nSPS) is 23.1. The molecule has 2 bridgehead atoms. The average Bonchev–Trinajstić information content (AvgIpc) is 3.71. The number of hydrogen-bond acceptors (Lipinski definition) is 2. The molecule has 8 aromatic rings. The van der Waals surface area contributed by atoms with Crippen molar-refractivity contribution < 1.29 is 0 Å². The number of anilines is 3. The van der Waals surface area contributed by atoms with E-state index in [0.717, 1.165) is 17.5 Å². The lowest BCUT2D eigenvalue weighted by molar-refractivity contribution is 0.0426. The third-order valence-corrected chi connectivity index (χ3v) is 14.5. The summed E-state index contributed by atoms with van der Waals surface area (Å²) in [5.41, 5.74) is 12.4. The Labute approximate surface area is 316 Å². The summed E-state index contributed by atoms with van der Waals surface area (Å²) in [4.78, 5) is 2.43. The van der Waals surface area contributed by atoms with E-state index in [1.807, 2.05) is 11.3 Å². The third kappa shape index (κ3) is 4.68. The van der Waals surface area contributed by atoms with Crippen LogP contribution in [0.1, 0.15) is 50.7 Å². The van der Waals surface area contributed by atoms with E-state index in [-0.39, 0.29) is 5.41 Å². The summed E-state index contributed by atoms with van der Waals surface area (Å²) in [6.07, 6.45) is 5.46. The Hall–Kier alpha value is -5.18. The van der Waals surface area contributed by atoms with E-state index in [0.29, 0.717) is 11.8 Å². The number of thiophene rings is 1. The maximum Gasteiger partial charge on any atom is 0.0476 e. The Morgan fingerprint density at radius 2 is 1.23 bits per heavy atom. The van der Waals surface area contributed by atoms with Gasteiger partial charge in [0.2, 0.25) is 0 Å². The molecule has 53 heavy (non-hydrogen) atoms. The second kappa shape index (κ2) is 11.9. The van der Waals surface area contributed by atoms with Gasteiger partial charge in [-0.05, 0) is 136 Å². The topological polar surface area (TPSA) is 3.24 Å². The van der Waals surface area contributed by atoms with E-state index in [2.05, 4.69) is 170 Å². The number of rotatable bonds is 4. The largest absolute Gasteiger partial charge is 0.310 e. The number of nitrogens with zero attached hydrogens (tertiary/aromatic N) is 1. The lowest BCUT2D eigenvalue weighted by Gasteiger charge is -2.54. The number of benzene rings is 7. The van der Waals surface area contributed by atoms with Crippen molar-refractivity contribution in [2.45, 2.75) is 44.9 Å². The van der Waals surface area contributed by atoms with Gasteiger partial charge in [-0.3, -0.25) is 0 Å². The first-order chi connectivity index (χ1) is 26.1. The average molecular weight is 702 g/mol. The molecule has 2 saturated carbocycles. The summed E-state index contributed by atoms with van der Waals surface area (Å²) in [6, 6.07) is 57.4. The first kappa shape index (κ1) is 31.4. The molecule has 0 saturated heterocycles. The molecule has 0 amide bonds. The third-order valence-electron chi connectivity index (χ3n) is 13.3. The van der Waals surface area contributed by atoms with E-state index >= 15 is 0 Å². The standard InChI is InChI=1S/C51H43NS/c1-32-26-34-28-33(2)51(38(27-32)29-34)46-15-7-5-13-45(46)50-42(14-9-16-47(50)51)36-19-21-39(22-20-36)52(40-23-18-35-10-3-4-11-37(35)30-40)41-24-25-44-43-12-6-8-17-48(43)53-49(44)31-41/h3-25,30-34,38H,26-29H2,1-2H3. The molecule has 7 aromatic carbocycles. The second-order valence-corrected chi connectivity index (χ2v) is 17.4. The van der Waals surface area contributed by atoms with E-state index in [1.54, 1.807) is 11.1 Å². The van der Waals surface area contributed by atoms with Crippen LogP contribution >= 0.6 is 11.3 Å². The van der Waals surface area contributed by atoms with Gasteiger partial charge in [0.05, 0.1) is 0 Å². The van der Waals surface area contributed by atoms with Crippen LogP contribution in [0.25, 0.3) is 53.2 Å². The van der Waals surface area contributed by atoms with Gasteiger partial charge in [0.1, 0.15) is 0 Å². The Morgan fingerprint density at radius 1 is 0.528 bits per heavy atom. The van der Waals surface area contributed by atoms with E-state index in [9.17, 15) is 0 Å². The highest BCUT2D eigenvalue weighted by molar-refractivity contribution is 7.25. The van der Waals surface area contributed by atoms with E-state index in [1.165, 1.54) is 90.3 Å². The SMILES string of the molecule is CC1CC2CC(C)C3(c4ccccc4-c4c(-c5ccc(N(c6ccc7ccccc7c6)c6ccc7c(c6)sc6ccccc67)cc5)cccc43)C(C1)C2. The molecular formula is C51H43NS. The zero-order valence-electron chi connectivity index (χ0n) is 30.4. The smallest absolute Gasteiger partial charge is 0.0476 e. The van der Waals surface area contributed by atoms with Gasteiger partial charge >= 0.3 is 0 Å². The van der Waals surface area contributed by atoms with E-state index in [4.69, 9.17) is 0 Å². The number of fused-ring (bicyclic) bond motifs is 12. The highest BCUT2D eigenvalue weighted by Gasteiger charge is 2.56. The zero-order chi connectivity index (χ0) is 35.3. The van der Waals surface area contributed by atoms with Crippen molar-refractivity contribution in [1.29, 1.82) is 0 Å². The Bertz CT molecular complexity index is 2700. The predicted molar refractivity (Wildman–Crippen MR) is 227 cm³/mol. The summed E-state index contributed by atoms with van der Waals surface area (Å²) in [6.45, 7) is 5.07. The Morgan fingerprint density at radius 3 is 2.13 bits per heavy atom. The first-order valence-electron chi connectivity index (χ1n) is 19.6. The molecular weight excluding hydrogens is 659 g/mol. The van der Waals surface area contributed by atoms with Crippen molar-refractivity contribution in [2.75, 3.05) is 4.90 Å². The lowest BCUT2D eigenvalue weighted by Crippen LogP contribution is -2.49. The fourth-order valence-electron chi connectivity index (χ4n) is 11.4. The Kier molecular flexibility index (Phi) is 7.05. The predicted octanol–water partition coefficient (Wildman–Crippen LogP) is 14.7. The molecule has 1 spiro atoms. The summed E-state index contributed by atoms with van der Waals surface area (Å²) in [5, 5.41) is 5.16. The molecule has 11 rings (SSSR count). The van der Waals surface area contributed by atoms with Gasteiger partial charge in [-0.2, -0.15) is 0 Å². The summed E-state index contributed by atoms with van der Waals surface area (Å²) in [5.74, 6) is 3.02. The molecule has 5 atom stereocenters. The van der Waals surface area contributed by atoms with Crippen LogP contribution < -0.4 is 4.90 Å². The molecule has 1 aromatic heterocycles. The van der Waals surface area contributed by atoms with Crippen molar-refractivity contribution in [2.24, 2.45) is 23.7 Å². The lowest BCUT2D eigenvalue weighted by atomic mass is 9.49. The zero-order valence-corrected chi connectivity index (χ0v) is 31.2. The van der Waals surface area contributed by atoms with Crippen LogP contribution in [0.15, 0.2) is 152 Å². The van der Waals surface area contributed by atoms with Crippen molar-refractivity contribution in [3.05, 3.63) is 163 Å². The second-order valence-electron chi connectivity index (χ2n) is 16.3. The summed E-state index contributed by atoms with van der Waals surface area (Å²) < 4.78 is 2.65. The highest BCUT2D eigenvalue weighted by atomic mass is 32.1. The van der Waals surface area contributed by atoms with Gasteiger partial charge in [-0.15, -0.1) is 11.3 Å². The van der Waals surface area contributed by atoms with Crippen molar-refractivity contribution in [3.63, 3.8) is 0 Å². The molecule has 0 aliphatic heterocycles.